The number of aromatic nitrogens is 2. The molecule has 7 heteroatoms. The maximum atomic E-state index is 12.5. The fourth-order valence-electron chi connectivity index (χ4n) is 3.58. The van der Waals surface area contributed by atoms with Gasteiger partial charge in [-0.05, 0) is 32.0 Å². The van der Waals surface area contributed by atoms with Gasteiger partial charge in [0, 0.05) is 44.7 Å². The van der Waals surface area contributed by atoms with Crippen LogP contribution in [-0.2, 0) is 0 Å². The number of fused-ring (bicyclic) bond motifs is 1. The largest absolute Gasteiger partial charge is 0.350 e. The Morgan fingerprint density at radius 1 is 1.23 bits per heavy atom. The number of rotatable bonds is 5. The molecule has 1 aromatic heterocycles. The maximum Gasteiger partial charge on any atom is 0.280 e. The van der Waals surface area contributed by atoms with E-state index in [0.717, 1.165) is 45.6 Å². The summed E-state index contributed by atoms with van der Waals surface area (Å²) in [5.74, 6) is -0.387. The molecule has 2 fully saturated rings. The molecule has 0 atom stereocenters. The Bertz CT molecular complexity index is 866. The van der Waals surface area contributed by atoms with Crippen LogP contribution < -0.4 is 10.9 Å². The van der Waals surface area contributed by atoms with Crippen molar-refractivity contribution in [2.45, 2.75) is 12.8 Å². The second-order valence-electron chi connectivity index (χ2n) is 7.69. The smallest absolute Gasteiger partial charge is 0.280 e. The number of hydrogen-bond donors (Lipinski definition) is 2. The first-order valence-electron chi connectivity index (χ1n) is 9.23. The molecular formula is C19H25N5O2. The van der Waals surface area contributed by atoms with Crippen LogP contribution in [0.5, 0.6) is 0 Å². The van der Waals surface area contributed by atoms with Crippen LogP contribution in [0.1, 0.15) is 23.3 Å². The summed E-state index contributed by atoms with van der Waals surface area (Å²) >= 11 is 0. The summed E-state index contributed by atoms with van der Waals surface area (Å²) in [6.45, 7) is 5.97. The number of carbonyl (C=O) groups excluding carboxylic acids is 1. The molecule has 2 N–H and O–H groups in total. The maximum absolute atomic E-state index is 12.5. The van der Waals surface area contributed by atoms with Crippen LogP contribution in [-0.4, -0.2) is 72.0 Å². The fourth-order valence-corrected chi connectivity index (χ4v) is 3.58. The number of benzene rings is 1. The Hall–Kier alpha value is -2.25. The first-order valence-corrected chi connectivity index (χ1v) is 9.23. The number of amides is 1. The minimum absolute atomic E-state index is 0.0564. The number of likely N-dealkylation sites (N-methyl/N-ethyl adjacent to an activating group) is 1. The summed E-state index contributed by atoms with van der Waals surface area (Å²) in [5.41, 5.74) is 0.928. The van der Waals surface area contributed by atoms with Gasteiger partial charge < -0.3 is 20.1 Å². The van der Waals surface area contributed by atoms with E-state index in [9.17, 15) is 9.59 Å². The van der Waals surface area contributed by atoms with Gasteiger partial charge in [-0.25, -0.2) is 4.98 Å². The number of aromatic amines is 1. The normalized spacial score (nSPS) is 20.2. The number of nitrogens with zero attached hydrogens (tertiary/aromatic N) is 3. The average Bonchev–Trinajstić information content (AvgIpc) is 3.41. The summed E-state index contributed by atoms with van der Waals surface area (Å²) in [6.07, 6.45) is 2.25. The molecule has 0 unspecified atom stereocenters. The highest BCUT2D eigenvalue weighted by atomic mass is 16.2. The highest BCUT2D eigenvalue weighted by Crippen LogP contribution is 2.45. The van der Waals surface area contributed by atoms with Gasteiger partial charge in [-0.2, -0.15) is 0 Å². The zero-order chi connectivity index (χ0) is 18.1. The van der Waals surface area contributed by atoms with Gasteiger partial charge in [0.15, 0.2) is 5.69 Å². The van der Waals surface area contributed by atoms with E-state index in [2.05, 4.69) is 32.1 Å². The van der Waals surface area contributed by atoms with Crippen LogP contribution in [0.25, 0.3) is 11.0 Å². The van der Waals surface area contributed by atoms with E-state index in [-0.39, 0.29) is 17.0 Å². The third-order valence-electron chi connectivity index (χ3n) is 5.55. The molecule has 2 heterocycles. The molecule has 0 radical (unpaired) electrons. The summed E-state index contributed by atoms with van der Waals surface area (Å²) in [4.78, 5) is 36.5. The van der Waals surface area contributed by atoms with Crippen molar-refractivity contribution in [3.63, 3.8) is 0 Å². The molecular weight excluding hydrogens is 330 g/mol. The molecule has 26 heavy (non-hydrogen) atoms. The lowest BCUT2D eigenvalue weighted by molar-refractivity contribution is 0.0921. The van der Waals surface area contributed by atoms with E-state index >= 15 is 0 Å². The van der Waals surface area contributed by atoms with Crippen molar-refractivity contribution in [3.05, 3.63) is 40.3 Å². The van der Waals surface area contributed by atoms with Crippen molar-refractivity contribution in [2.75, 3.05) is 46.3 Å². The zero-order valence-electron chi connectivity index (χ0n) is 15.1. The van der Waals surface area contributed by atoms with Gasteiger partial charge >= 0.3 is 0 Å². The molecule has 2 aromatic rings. The van der Waals surface area contributed by atoms with Crippen molar-refractivity contribution in [1.82, 2.24) is 25.1 Å². The van der Waals surface area contributed by atoms with E-state index in [1.54, 1.807) is 12.1 Å². The summed E-state index contributed by atoms with van der Waals surface area (Å²) in [7, 11) is 2.15. The molecule has 138 valence electrons. The molecule has 4 rings (SSSR count). The van der Waals surface area contributed by atoms with Crippen molar-refractivity contribution in [3.8, 4) is 0 Å². The summed E-state index contributed by atoms with van der Waals surface area (Å²) in [6, 6.07) is 7.23. The van der Waals surface area contributed by atoms with Gasteiger partial charge in [-0.1, -0.05) is 12.1 Å². The second kappa shape index (κ2) is 6.81. The van der Waals surface area contributed by atoms with E-state index < -0.39 is 5.56 Å². The van der Waals surface area contributed by atoms with Gasteiger partial charge in [0.05, 0.1) is 11.0 Å². The highest BCUT2D eigenvalue weighted by Gasteiger charge is 2.44. The van der Waals surface area contributed by atoms with Gasteiger partial charge in [0.25, 0.3) is 11.5 Å². The van der Waals surface area contributed by atoms with Crippen LogP contribution in [0.3, 0.4) is 0 Å². The molecule has 1 aromatic carbocycles. The fraction of sp³-hybridized carbons (Fsp3) is 0.526. The second-order valence-corrected chi connectivity index (χ2v) is 7.69. The van der Waals surface area contributed by atoms with E-state index in [4.69, 9.17) is 0 Å². The van der Waals surface area contributed by atoms with Gasteiger partial charge in [0.1, 0.15) is 0 Å². The number of H-pyrrole nitrogens is 1. The number of carbonyl (C=O) groups is 1. The van der Waals surface area contributed by atoms with Gasteiger partial charge in [-0.3, -0.25) is 9.59 Å². The summed E-state index contributed by atoms with van der Waals surface area (Å²) in [5, 5.41) is 2.95. The van der Waals surface area contributed by atoms with Crippen molar-refractivity contribution >= 4 is 16.9 Å². The molecule has 1 aliphatic carbocycles. The Morgan fingerprint density at radius 3 is 2.69 bits per heavy atom. The number of para-hydroxylation sites is 2. The SMILES string of the molecule is CN1CCN(CC2(CNC(=O)c3nc4ccccc4[nH]c3=O)CC2)CC1. The van der Waals surface area contributed by atoms with Gasteiger partial charge in [-0.15, -0.1) is 0 Å². The zero-order valence-corrected chi connectivity index (χ0v) is 15.1. The summed E-state index contributed by atoms with van der Waals surface area (Å²) < 4.78 is 0. The molecule has 0 spiro atoms. The van der Waals surface area contributed by atoms with Crippen molar-refractivity contribution in [1.29, 1.82) is 0 Å². The molecule has 1 amide bonds. The third-order valence-corrected chi connectivity index (χ3v) is 5.55. The molecule has 2 aliphatic rings. The first kappa shape index (κ1) is 17.2. The quantitative estimate of drug-likeness (QED) is 0.824. The highest BCUT2D eigenvalue weighted by molar-refractivity contribution is 5.93. The lowest BCUT2D eigenvalue weighted by Gasteiger charge is -2.34. The van der Waals surface area contributed by atoms with E-state index in [0.29, 0.717) is 17.6 Å². The van der Waals surface area contributed by atoms with Crippen LogP contribution in [0.15, 0.2) is 29.1 Å². The molecule has 1 saturated heterocycles. The molecule has 1 saturated carbocycles. The Morgan fingerprint density at radius 2 is 1.96 bits per heavy atom. The monoisotopic (exact) mass is 355 g/mol. The Labute approximate surface area is 152 Å². The van der Waals surface area contributed by atoms with Crippen LogP contribution >= 0.6 is 0 Å². The molecule has 7 nitrogen and oxygen atoms in total. The number of hydrogen-bond acceptors (Lipinski definition) is 5. The molecule has 1 aliphatic heterocycles. The van der Waals surface area contributed by atoms with Crippen LogP contribution in [0.4, 0.5) is 0 Å². The minimum atomic E-state index is -0.440. The minimum Gasteiger partial charge on any atom is -0.350 e. The van der Waals surface area contributed by atoms with Crippen LogP contribution in [0, 0.1) is 5.41 Å². The lowest BCUT2D eigenvalue weighted by atomic mass is 10.1. The lowest BCUT2D eigenvalue weighted by Crippen LogP contribution is -2.48. The topological polar surface area (TPSA) is 81.3 Å². The Kier molecular flexibility index (Phi) is 4.50. The standard InChI is InChI=1S/C19H25N5O2/c1-23-8-10-24(11-9-23)13-19(6-7-19)12-20-17(25)16-18(26)22-15-5-3-2-4-14(15)21-16/h2-5H,6-13H2,1H3,(H,20,25)(H,22,26). The average molecular weight is 355 g/mol. The van der Waals surface area contributed by atoms with E-state index in [1.165, 1.54) is 0 Å². The van der Waals surface area contributed by atoms with Gasteiger partial charge in [0.2, 0.25) is 0 Å². The Balaban J connectivity index is 1.39. The number of piperazine rings is 1. The van der Waals surface area contributed by atoms with Crippen molar-refractivity contribution < 1.29 is 4.79 Å². The number of nitrogens with one attached hydrogen (secondary N) is 2. The third kappa shape index (κ3) is 3.64. The van der Waals surface area contributed by atoms with Crippen molar-refractivity contribution in [2.24, 2.45) is 5.41 Å². The van der Waals surface area contributed by atoms with Crippen LogP contribution in [0.2, 0.25) is 0 Å². The predicted molar refractivity (Wildman–Crippen MR) is 100 cm³/mol. The molecule has 0 bridgehead atoms. The first-order chi connectivity index (χ1) is 12.5. The predicted octanol–water partition coefficient (Wildman–Crippen LogP) is 0.680. The van der Waals surface area contributed by atoms with E-state index in [1.807, 2.05) is 12.1 Å².